The summed E-state index contributed by atoms with van der Waals surface area (Å²) in [4.78, 5) is 14.6. The van der Waals surface area contributed by atoms with Crippen molar-refractivity contribution in [3.63, 3.8) is 0 Å². The molecule has 13 heavy (non-hydrogen) atoms. The van der Waals surface area contributed by atoms with Crippen molar-refractivity contribution in [2.24, 2.45) is 12.8 Å². The molecule has 5 heteroatoms. The first-order chi connectivity index (χ1) is 6.00. The van der Waals surface area contributed by atoms with Gasteiger partial charge in [0.25, 0.3) is 0 Å². The molecule has 0 fully saturated rings. The predicted molar refractivity (Wildman–Crippen MR) is 47.3 cm³/mol. The molecule has 1 atom stereocenters. The van der Waals surface area contributed by atoms with Crippen LogP contribution in [0.4, 0.5) is 0 Å². The second-order valence-electron chi connectivity index (χ2n) is 3.04. The quantitative estimate of drug-likeness (QED) is 0.673. The summed E-state index contributed by atoms with van der Waals surface area (Å²) in [6.07, 6.45) is 2.06. The lowest BCUT2D eigenvalue weighted by Crippen LogP contribution is -2.32. The van der Waals surface area contributed by atoms with Gasteiger partial charge in [0.2, 0.25) is 0 Å². The largest absolute Gasteiger partial charge is 0.480 e. The van der Waals surface area contributed by atoms with Crippen molar-refractivity contribution in [2.45, 2.75) is 19.4 Å². The molecule has 0 aliphatic heterocycles. The van der Waals surface area contributed by atoms with Gasteiger partial charge in [-0.3, -0.25) is 4.79 Å². The molecule has 0 saturated heterocycles. The van der Waals surface area contributed by atoms with Crippen LogP contribution in [0.2, 0.25) is 0 Å². The summed E-state index contributed by atoms with van der Waals surface area (Å²) in [5.41, 5.74) is 6.08. The minimum atomic E-state index is -0.997. The smallest absolute Gasteiger partial charge is 0.320 e. The van der Waals surface area contributed by atoms with E-state index in [4.69, 9.17) is 10.8 Å². The van der Waals surface area contributed by atoms with E-state index in [1.54, 1.807) is 6.20 Å². The average Bonchev–Trinajstić information content (AvgIpc) is 2.31. The molecule has 0 bridgehead atoms. The fourth-order valence-electron chi connectivity index (χ4n) is 1.04. The number of aliphatic carboxylic acids is 1. The number of carbonyl (C=O) groups is 1. The van der Waals surface area contributed by atoms with Gasteiger partial charge in [-0.15, -0.1) is 0 Å². The average molecular weight is 183 g/mol. The van der Waals surface area contributed by atoms with Crippen molar-refractivity contribution in [1.29, 1.82) is 0 Å². The molecule has 1 rings (SSSR count). The van der Waals surface area contributed by atoms with E-state index in [1.807, 2.05) is 18.5 Å². The number of hydrogen-bond donors (Lipinski definition) is 2. The molecule has 1 unspecified atom stereocenters. The number of nitrogens with zero attached hydrogens (tertiary/aromatic N) is 2. The van der Waals surface area contributed by atoms with E-state index in [0.29, 0.717) is 0 Å². The molecule has 1 aromatic rings. The first-order valence-electron chi connectivity index (χ1n) is 3.98. The maximum atomic E-state index is 10.4. The summed E-state index contributed by atoms with van der Waals surface area (Å²) in [5, 5.41) is 8.56. The van der Waals surface area contributed by atoms with Crippen LogP contribution < -0.4 is 5.73 Å². The third-order valence-electron chi connectivity index (χ3n) is 1.90. The second-order valence-corrected chi connectivity index (χ2v) is 3.04. The summed E-state index contributed by atoms with van der Waals surface area (Å²) < 4.78 is 1.84. The van der Waals surface area contributed by atoms with E-state index >= 15 is 0 Å². The molecule has 0 aliphatic carbocycles. The zero-order valence-electron chi connectivity index (χ0n) is 7.69. The summed E-state index contributed by atoms with van der Waals surface area (Å²) >= 11 is 0. The Bertz CT molecular complexity index is 300. The Morgan fingerprint density at radius 2 is 2.46 bits per heavy atom. The van der Waals surface area contributed by atoms with Gasteiger partial charge in [-0.25, -0.2) is 4.98 Å². The molecular formula is C8H13N3O2. The highest BCUT2D eigenvalue weighted by atomic mass is 16.4. The van der Waals surface area contributed by atoms with Gasteiger partial charge in [0.1, 0.15) is 11.9 Å². The van der Waals surface area contributed by atoms with Gasteiger partial charge >= 0.3 is 5.97 Å². The van der Waals surface area contributed by atoms with Crippen LogP contribution in [-0.4, -0.2) is 26.7 Å². The third-order valence-corrected chi connectivity index (χ3v) is 1.90. The number of hydrogen-bond acceptors (Lipinski definition) is 3. The number of carboxylic acid groups (broad SMARTS) is 1. The van der Waals surface area contributed by atoms with Gasteiger partial charge in [-0.2, -0.15) is 0 Å². The standard InChI is InChI=1S/C8H13N3O2/c1-5-10-6(4-11(5)2)3-7(9)8(12)13/h4,7H,3,9H2,1-2H3,(H,12,13). The number of aromatic nitrogens is 2. The van der Waals surface area contributed by atoms with Crippen molar-refractivity contribution in [3.8, 4) is 0 Å². The Kier molecular flexibility index (Phi) is 2.67. The predicted octanol–water partition coefficient (Wildman–Crippen LogP) is -0.317. The highest BCUT2D eigenvalue weighted by Gasteiger charge is 2.13. The lowest BCUT2D eigenvalue weighted by molar-refractivity contribution is -0.138. The number of aryl methyl sites for hydroxylation is 2. The Morgan fingerprint density at radius 1 is 1.85 bits per heavy atom. The van der Waals surface area contributed by atoms with Crippen LogP contribution in [0.25, 0.3) is 0 Å². The van der Waals surface area contributed by atoms with Crippen LogP contribution in [0.15, 0.2) is 6.20 Å². The molecule has 0 saturated carbocycles. The zero-order valence-corrected chi connectivity index (χ0v) is 7.69. The van der Waals surface area contributed by atoms with Gasteiger partial charge in [-0.1, -0.05) is 0 Å². The molecule has 0 amide bonds. The molecular weight excluding hydrogens is 170 g/mol. The first-order valence-corrected chi connectivity index (χ1v) is 3.98. The molecule has 72 valence electrons. The van der Waals surface area contributed by atoms with E-state index in [9.17, 15) is 4.79 Å². The summed E-state index contributed by atoms with van der Waals surface area (Å²) in [6.45, 7) is 1.86. The van der Waals surface area contributed by atoms with Gasteiger partial charge in [0, 0.05) is 19.7 Å². The Morgan fingerprint density at radius 3 is 2.85 bits per heavy atom. The van der Waals surface area contributed by atoms with Crippen molar-refractivity contribution < 1.29 is 9.90 Å². The topological polar surface area (TPSA) is 81.1 Å². The van der Waals surface area contributed by atoms with Crippen molar-refractivity contribution in [2.75, 3.05) is 0 Å². The maximum absolute atomic E-state index is 10.4. The fourth-order valence-corrected chi connectivity index (χ4v) is 1.04. The number of imidazole rings is 1. The Balaban J connectivity index is 2.69. The molecule has 0 aromatic carbocycles. The maximum Gasteiger partial charge on any atom is 0.320 e. The molecule has 1 aromatic heterocycles. The Labute approximate surface area is 76.2 Å². The van der Waals surface area contributed by atoms with Crippen LogP contribution in [0, 0.1) is 6.92 Å². The van der Waals surface area contributed by atoms with Crippen LogP contribution >= 0.6 is 0 Å². The van der Waals surface area contributed by atoms with Crippen molar-refractivity contribution in [1.82, 2.24) is 9.55 Å². The van der Waals surface area contributed by atoms with Crippen molar-refractivity contribution in [3.05, 3.63) is 17.7 Å². The van der Waals surface area contributed by atoms with Gasteiger partial charge < -0.3 is 15.4 Å². The van der Waals surface area contributed by atoms with E-state index in [0.717, 1.165) is 11.5 Å². The minimum absolute atomic E-state index is 0.275. The minimum Gasteiger partial charge on any atom is -0.480 e. The fraction of sp³-hybridized carbons (Fsp3) is 0.500. The lowest BCUT2D eigenvalue weighted by Gasteiger charge is -2.01. The van der Waals surface area contributed by atoms with Crippen LogP contribution in [-0.2, 0) is 18.3 Å². The van der Waals surface area contributed by atoms with E-state index in [2.05, 4.69) is 4.98 Å². The SMILES string of the molecule is Cc1nc(CC(N)C(=O)O)cn1C. The zero-order chi connectivity index (χ0) is 10.0. The second kappa shape index (κ2) is 3.57. The molecule has 0 aliphatic rings. The van der Waals surface area contributed by atoms with Crippen LogP contribution in [0.3, 0.4) is 0 Å². The van der Waals surface area contributed by atoms with Gasteiger partial charge in [0.05, 0.1) is 5.69 Å². The summed E-state index contributed by atoms with van der Waals surface area (Å²) in [5.74, 6) is -0.143. The first kappa shape index (κ1) is 9.73. The summed E-state index contributed by atoms with van der Waals surface area (Å²) in [6, 6.07) is -0.866. The number of nitrogens with two attached hydrogens (primary N) is 1. The molecule has 0 radical (unpaired) electrons. The van der Waals surface area contributed by atoms with E-state index < -0.39 is 12.0 Å². The Hall–Kier alpha value is -1.36. The van der Waals surface area contributed by atoms with Gasteiger partial charge in [0.15, 0.2) is 0 Å². The normalized spacial score (nSPS) is 12.8. The highest BCUT2D eigenvalue weighted by molar-refractivity contribution is 5.73. The van der Waals surface area contributed by atoms with E-state index in [1.165, 1.54) is 0 Å². The lowest BCUT2D eigenvalue weighted by atomic mass is 10.2. The molecule has 5 nitrogen and oxygen atoms in total. The highest BCUT2D eigenvalue weighted by Crippen LogP contribution is 2.02. The van der Waals surface area contributed by atoms with Crippen LogP contribution in [0.1, 0.15) is 11.5 Å². The third kappa shape index (κ3) is 2.29. The molecule has 0 spiro atoms. The molecule has 1 heterocycles. The monoisotopic (exact) mass is 183 g/mol. The van der Waals surface area contributed by atoms with Gasteiger partial charge in [-0.05, 0) is 6.92 Å². The van der Waals surface area contributed by atoms with Crippen molar-refractivity contribution >= 4 is 5.97 Å². The number of rotatable bonds is 3. The van der Waals surface area contributed by atoms with E-state index in [-0.39, 0.29) is 6.42 Å². The molecule has 3 N–H and O–H groups in total. The van der Waals surface area contributed by atoms with Crippen LogP contribution in [0.5, 0.6) is 0 Å². The summed E-state index contributed by atoms with van der Waals surface area (Å²) in [7, 11) is 1.86. The number of carboxylic acids is 1.